The van der Waals surface area contributed by atoms with Gasteiger partial charge in [0.15, 0.2) is 0 Å². The number of amides is 3. The minimum Gasteiger partial charge on any atom is -0.508 e. The molecule has 0 aliphatic carbocycles. The Labute approximate surface area is 201 Å². The Morgan fingerprint density at radius 1 is 1.00 bits per heavy atom. The van der Waals surface area contributed by atoms with Crippen LogP contribution in [0.2, 0.25) is 0 Å². The molecule has 4 atom stereocenters. The molecule has 1 rings (SSSR count). The molecule has 184 valence electrons. The minimum absolute atomic E-state index is 0.0103. The van der Waals surface area contributed by atoms with Gasteiger partial charge in [0.05, 0.1) is 12.6 Å². The molecular weight excluding hydrogens is 472 g/mol. The Kier molecular flexibility index (Phi) is 12.7. The number of hydrogen-bond acceptors (Lipinski definition) is 9. The average molecular weight is 503 g/mol. The number of aromatic hydroxyl groups is 1. The van der Waals surface area contributed by atoms with Crippen LogP contribution >= 0.6 is 24.4 Å². The lowest BCUT2D eigenvalue weighted by Gasteiger charge is -2.24. The Balaban J connectivity index is 2.84. The zero-order valence-electron chi connectivity index (χ0n) is 18.1. The number of nitrogens with one attached hydrogen (secondary N) is 3. The van der Waals surface area contributed by atoms with Crippen molar-refractivity contribution in [2.45, 2.75) is 37.0 Å². The number of nitrogens with two attached hydrogens (primary N) is 1. The Morgan fingerprint density at radius 2 is 1.55 bits per heavy atom. The molecule has 0 bridgehead atoms. The lowest BCUT2D eigenvalue weighted by atomic mass is 10.1. The van der Waals surface area contributed by atoms with Gasteiger partial charge in [-0.1, -0.05) is 12.1 Å². The third-order valence-corrected chi connectivity index (χ3v) is 5.62. The highest BCUT2D eigenvalue weighted by Gasteiger charge is 2.29. The van der Waals surface area contributed by atoms with Crippen LogP contribution in [0.1, 0.15) is 12.0 Å². The van der Waals surface area contributed by atoms with Gasteiger partial charge in [0.25, 0.3) is 0 Å². The summed E-state index contributed by atoms with van der Waals surface area (Å²) in [4.78, 5) is 48.9. The van der Waals surface area contributed by atoms with Crippen molar-refractivity contribution in [1.29, 1.82) is 0 Å². The quantitative estimate of drug-likeness (QED) is 0.140. The van der Waals surface area contributed by atoms with Gasteiger partial charge < -0.3 is 37.0 Å². The second kappa shape index (κ2) is 14.6. The molecule has 11 nitrogen and oxygen atoms in total. The second-order valence-electron chi connectivity index (χ2n) is 7.15. The first-order valence-corrected chi connectivity index (χ1v) is 12.0. The summed E-state index contributed by atoms with van der Waals surface area (Å²) in [6.45, 7) is -0.789. The van der Waals surface area contributed by atoms with Gasteiger partial charge >= 0.3 is 5.97 Å². The van der Waals surface area contributed by atoms with Gasteiger partial charge in [-0.2, -0.15) is 24.4 Å². The fourth-order valence-corrected chi connectivity index (χ4v) is 3.31. The van der Waals surface area contributed by atoms with E-state index >= 15 is 0 Å². The molecule has 4 unspecified atom stereocenters. The number of carboxylic acid groups (broad SMARTS) is 1. The number of aliphatic carboxylic acids is 1. The predicted octanol–water partition coefficient (Wildman–Crippen LogP) is -1.52. The van der Waals surface area contributed by atoms with E-state index < -0.39 is 54.5 Å². The number of rotatable bonds is 14. The van der Waals surface area contributed by atoms with Crippen LogP contribution in [0.5, 0.6) is 5.75 Å². The summed E-state index contributed by atoms with van der Waals surface area (Å²) in [6.07, 6.45) is 1.98. The zero-order chi connectivity index (χ0) is 25.0. The summed E-state index contributed by atoms with van der Waals surface area (Å²) in [7, 11) is 0. The molecule has 33 heavy (non-hydrogen) atoms. The molecule has 1 aromatic carbocycles. The molecule has 0 spiro atoms. The molecule has 0 radical (unpaired) electrons. The first-order valence-electron chi connectivity index (χ1n) is 10.0. The highest BCUT2D eigenvalue weighted by molar-refractivity contribution is 7.98. The minimum atomic E-state index is -1.44. The molecule has 3 amide bonds. The molecule has 0 heterocycles. The first-order chi connectivity index (χ1) is 15.6. The summed E-state index contributed by atoms with van der Waals surface area (Å²) < 4.78 is 0. The lowest BCUT2D eigenvalue weighted by Crippen LogP contribution is -2.58. The highest BCUT2D eigenvalue weighted by Crippen LogP contribution is 2.11. The Morgan fingerprint density at radius 3 is 2.06 bits per heavy atom. The fraction of sp³-hybridized carbons (Fsp3) is 0.500. The zero-order valence-corrected chi connectivity index (χ0v) is 19.8. The smallest absolute Gasteiger partial charge is 0.326 e. The maximum Gasteiger partial charge on any atom is 0.326 e. The van der Waals surface area contributed by atoms with Crippen molar-refractivity contribution >= 4 is 48.1 Å². The lowest BCUT2D eigenvalue weighted by molar-refractivity contribution is -0.142. The van der Waals surface area contributed by atoms with Crippen molar-refractivity contribution in [2.75, 3.05) is 24.4 Å². The van der Waals surface area contributed by atoms with Crippen LogP contribution in [0.25, 0.3) is 0 Å². The topological polar surface area (TPSA) is 191 Å². The van der Waals surface area contributed by atoms with Gasteiger partial charge in [0.2, 0.25) is 17.7 Å². The van der Waals surface area contributed by atoms with Crippen molar-refractivity contribution in [2.24, 2.45) is 5.73 Å². The number of aliphatic hydroxyl groups is 1. The summed E-state index contributed by atoms with van der Waals surface area (Å²) in [5.74, 6) is -2.92. The van der Waals surface area contributed by atoms with Gasteiger partial charge in [0.1, 0.15) is 23.9 Å². The van der Waals surface area contributed by atoms with E-state index in [0.717, 1.165) is 0 Å². The van der Waals surface area contributed by atoms with Crippen LogP contribution in [-0.2, 0) is 25.6 Å². The largest absolute Gasteiger partial charge is 0.508 e. The number of phenols is 1. The number of carboxylic acids is 1. The van der Waals surface area contributed by atoms with Crippen LogP contribution in [0, 0.1) is 0 Å². The number of phenolic OH excluding ortho intramolecular Hbond substituents is 1. The Hall–Kier alpha value is -2.48. The number of aliphatic hydroxyl groups excluding tert-OH is 1. The van der Waals surface area contributed by atoms with Gasteiger partial charge in [-0.15, -0.1) is 0 Å². The fourth-order valence-electron chi connectivity index (χ4n) is 2.67. The summed E-state index contributed by atoms with van der Waals surface area (Å²) in [6, 6.07) is 1.08. The third-order valence-electron chi connectivity index (χ3n) is 4.58. The van der Waals surface area contributed by atoms with Gasteiger partial charge in [0, 0.05) is 12.2 Å². The van der Waals surface area contributed by atoms with E-state index in [-0.39, 0.29) is 24.3 Å². The Bertz CT molecular complexity index is 810. The summed E-state index contributed by atoms with van der Waals surface area (Å²) in [5.41, 5.74) is 6.17. The van der Waals surface area contributed by atoms with Crippen LogP contribution in [0.15, 0.2) is 24.3 Å². The SMILES string of the molecule is CSCCC(NC(=O)C(N)CS)C(=O)NC(CO)C(=O)NC(Cc1ccc(O)cc1)C(=O)O. The van der Waals surface area contributed by atoms with Crippen LogP contribution in [0.4, 0.5) is 0 Å². The number of thiol groups is 1. The maximum absolute atomic E-state index is 12.7. The second-order valence-corrected chi connectivity index (χ2v) is 8.50. The third kappa shape index (κ3) is 9.90. The van der Waals surface area contributed by atoms with Crippen LogP contribution < -0.4 is 21.7 Å². The normalized spacial score (nSPS) is 14.4. The first kappa shape index (κ1) is 28.6. The van der Waals surface area contributed by atoms with E-state index in [9.17, 15) is 34.5 Å². The van der Waals surface area contributed by atoms with E-state index in [1.54, 1.807) is 0 Å². The molecule has 0 aliphatic heterocycles. The van der Waals surface area contributed by atoms with Crippen molar-refractivity contribution < 1.29 is 34.5 Å². The van der Waals surface area contributed by atoms with E-state index in [0.29, 0.717) is 11.3 Å². The number of thioether (sulfide) groups is 1. The number of hydrogen-bond donors (Lipinski definition) is 8. The average Bonchev–Trinajstić information content (AvgIpc) is 2.79. The van der Waals surface area contributed by atoms with Crippen LogP contribution in [-0.4, -0.2) is 87.5 Å². The van der Waals surface area contributed by atoms with Crippen molar-refractivity contribution in [3.05, 3.63) is 29.8 Å². The van der Waals surface area contributed by atoms with Crippen molar-refractivity contribution in [3.8, 4) is 5.75 Å². The summed E-state index contributed by atoms with van der Waals surface area (Å²) >= 11 is 5.39. The highest BCUT2D eigenvalue weighted by atomic mass is 32.2. The molecule has 0 fully saturated rings. The summed E-state index contributed by atoms with van der Waals surface area (Å²) in [5, 5.41) is 35.5. The standard InChI is InChI=1S/C20H30N4O7S2/c1-33-7-6-14(22-17(27)13(21)10-32)18(28)24-16(9-25)19(29)23-15(20(30)31)8-11-2-4-12(26)5-3-11/h2-5,13-16,25-26,32H,6-10,21H2,1H3,(H,22,27)(H,23,29)(H,24,28)(H,30,31). The molecule has 8 N–H and O–H groups in total. The number of carbonyl (C=O) groups excluding carboxylic acids is 3. The van der Waals surface area contributed by atoms with Crippen LogP contribution in [0.3, 0.4) is 0 Å². The van der Waals surface area contributed by atoms with Gasteiger partial charge in [-0.25, -0.2) is 4.79 Å². The van der Waals surface area contributed by atoms with E-state index in [2.05, 4.69) is 28.6 Å². The molecular formula is C20H30N4O7S2. The van der Waals surface area contributed by atoms with Crippen molar-refractivity contribution in [1.82, 2.24) is 16.0 Å². The molecule has 0 saturated carbocycles. The van der Waals surface area contributed by atoms with E-state index in [4.69, 9.17) is 5.73 Å². The molecule has 0 aromatic heterocycles. The van der Waals surface area contributed by atoms with Gasteiger partial charge in [-0.3, -0.25) is 14.4 Å². The molecule has 1 aromatic rings. The van der Waals surface area contributed by atoms with E-state index in [1.807, 2.05) is 6.26 Å². The molecule has 13 heteroatoms. The monoisotopic (exact) mass is 502 g/mol. The predicted molar refractivity (Wildman–Crippen MR) is 127 cm³/mol. The molecule has 0 aliphatic rings. The maximum atomic E-state index is 12.7. The van der Waals surface area contributed by atoms with Crippen molar-refractivity contribution in [3.63, 3.8) is 0 Å². The number of benzene rings is 1. The van der Waals surface area contributed by atoms with Gasteiger partial charge in [-0.05, 0) is 36.1 Å². The molecule has 0 saturated heterocycles. The number of carbonyl (C=O) groups is 4. The van der Waals surface area contributed by atoms with E-state index in [1.165, 1.54) is 36.0 Å².